The zero-order chi connectivity index (χ0) is 26.8. The Morgan fingerprint density at radius 2 is 1.68 bits per heavy atom. The van der Waals surface area contributed by atoms with Crippen LogP contribution >= 0.6 is 0 Å². The van der Waals surface area contributed by atoms with Gasteiger partial charge >= 0.3 is 5.97 Å². The lowest BCUT2D eigenvalue weighted by Crippen LogP contribution is -2.35. The summed E-state index contributed by atoms with van der Waals surface area (Å²) < 4.78 is 62.3. The molecule has 1 saturated heterocycles. The van der Waals surface area contributed by atoms with Gasteiger partial charge in [0.1, 0.15) is 6.10 Å². The lowest BCUT2D eigenvalue weighted by molar-refractivity contribution is -0.164. The number of esters is 1. The second kappa shape index (κ2) is 11.7. The van der Waals surface area contributed by atoms with E-state index in [1.807, 2.05) is 13.0 Å². The number of carbonyl (C=O) groups excluding carboxylic acids is 1. The van der Waals surface area contributed by atoms with E-state index in [9.17, 15) is 13.6 Å². The average molecular weight is 531 g/mol. The predicted octanol–water partition coefficient (Wildman–Crippen LogP) is 7.92. The van der Waals surface area contributed by atoms with Crippen molar-refractivity contribution in [2.45, 2.75) is 103 Å². The normalized spacial score (nSPS) is 24.8. The molecule has 0 amide bonds. The quantitative estimate of drug-likeness (QED) is 0.291. The van der Waals surface area contributed by atoms with Gasteiger partial charge in [0, 0.05) is 17.5 Å². The van der Waals surface area contributed by atoms with Crippen molar-refractivity contribution >= 4 is 5.97 Å². The molecule has 2 fully saturated rings. The first kappa shape index (κ1) is 27.0. The Hall–Kier alpha value is -2.54. The van der Waals surface area contributed by atoms with E-state index >= 15 is 4.39 Å². The zero-order valence-electron chi connectivity index (χ0n) is 22.3. The van der Waals surface area contributed by atoms with Crippen LogP contribution in [0.4, 0.5) is 13.2 Å². The van der Waals surface area contributed by atoms with Gasteiger partial charge in [-0.15, -0.1) is 0 Å². The van der Waals surface area contributed by atoms with Crippen LogP contribution < -0.4 is 4.74 Å². The Balaban J connectivity index is 1.21. The Labute approximate surface area is 222 Å². The summed E-state index contributed by atoms with van der Waals surface area (Å²) in [5, 5.41) is 0. The van der Waals surface area contributed by atoms with E-state index in [2.05, 4.69) is 6.92 Å². The Kier molecular flexibility index (Phi) is 8.32. The van der Waals surface area contributed by atoms with E-state index in [0.717, 1.165) is 25.7 Å². The third kappa shape index (κ3) is 5.45. The summed E-state index contributed by atoms with van der Waals surface area (Å²) in [4.78, 5) is 12.8. The second-order valence-corrected chi connectivity index (χ2v) is 11.1. The van der Waals surface area contributed by atoms with Crippen molar-refractivity contribution in [3.8, 4) is 11.5 Å². The molecule has 2 aliphatic heterocycles. The van der Waals surface area contributed by atoms with Crippen LogP contribution in [0.5, 0.6) is 11.5 Å². The number of ether oxygens (including phenoxy) is 3. The molecule has 2 unspecified atom stereocenters. The molecule has 3 aliphatic rings. The number of benzene rings is 2. The van der Waals surface area contributed by atoms with Crippen LogP contribution in [0.1, 0.15) is 99.8 Å². The van der Waals surface area contributed by atoms with Gasteiger partial charge in [-0.1, -0.05) is 38.8 Å². The molecule has 38 heavy (non-hydrogen) atoms. The SMILES string of the molecule is CCCc1cc2c(c(F)c1F)Oc1c(ccc(C3CCC(C(=O)OC4CCC(CCC)OC4)CC3)c1F)C2. The van der Waals surface area contributed by atoms with E-state index in [4.69, 9.17) is 14.2 Å². The summed E-state index contributed by atoms with van der Waals surface area (Å²) in [5.41, 5.74) is 1.99. The molecule has 5 rings (SSSR count). The maximum Gasteiger partial charge on any atom is 0.309 e. The maximum absolute atomic E-state index is 15.7. The van der Waals surface area contributed by atoms with Gasteiger partial charge in [0.05, 0.1) is 18.6 Å². The van der Waals surface area contributed by atoms with Crippen LogP contribution in [0, 0.1) is 23.4 Å². The van der Waals surface area contributed by atoms with Gasteiger partial charge in [0.15, 0.2) is 23.1 Å². The highest BCUT2D eigenvalue weighted by Crippen LogP contribution is 2.45. The summed E-state index contributed by atoms with van der Waals surface area (Å²) >= 11 is 0. The highest BCUT2D eigenvalue weighted by molar-refractivity contribution is 5.72. The number of rotatable bonds is 7. The Bertz CT molecular complexity index is 1160. The second-order valence-electron chi connectivity index (χ2n) is 11.1. The summed E-state index contributed by atoms with van der Waals surface area (Å²) in [7, 11) is 0. The van der Waals surface area contributed by atoms with E-state index in [1.54, 1.807) is 12.1 Å². The number of fused-ring (bicyclic) bond motifs is 2. The molecular formula is C31H37F3O4. The van der Waals surface area contributed by atoms with Gasteiger partial charge in [-0.05, 0) is 74.5 Å². The first-order valence-electron chi connectivity index (χ1n) is 14.2. The first-order valence-corrected chi connectivity index (χ1v) is 14.2. The molecule has 2 aromatic carbocycles. The summed E-state index contributed by atoms with van der Waals surface area (Å²) in [6.07, 6.45) is 7.90. The molecule has 0 aromatic heterocycles. The molecule has 4 nitrogen and oxygen atoms in total. The standard InChI is InChI=1S/C31H37F3O4/c1-3-5-20-15-22-16-21-11-14-25(27(33)29(21)38-30(22)28(34)26(20)32)18-7-9-19(10-8-18)31(35)37-24-13-12-23(6-4-2)36-17-24/h11,14-15,18-19,23-24H,3-10,12-13,16-17H2,1-2H3. The van der Waals surface area contributed by atoms with Crippen LogP contribution in [0.15, 0.2) is 18.2 Å². The molecule has 0 spiro atoms. The molecule has 0 bridgehead atoms. The average Bonchev–Trinajstić information content (AvgIpc) is 2.93. The minimum atomic E-state index is -1.05. The first-order chi connectivity index (χ1) is 18.4. The third-order valence-electron chi connectivity index (χ3n) is 8.35. The van der Waals surface area contributed by atoms with Crippen molar-refractivity contribution in [2.24, 2.45) is 5.92 Å². The number of aryl methyl sites for hydroxylation is 1. The molecule has 2 heterocycles. The van der Waals surface area contributed by atoms with Crippen LogP contribution in [0.3, 0.4) is 0 Å². The smallest absolute Gasteiger partial charge is 0.309 e. The Morgan fingerprint density at radius 1 is 0.921 bits per heavy atom. The van der Waals surface area contributed by atoms with Gasteiger partial charge in [-0.25, -0.2) is 8.78 Å². The van der Waals surface area contributed by atoms with E-state index < -0.39 is 17.5 Å². The van der Waals surface area contributed by atoms with Gasteiger partial charge in [0.2, 0.25) is 5.82 Å². The van der Waals surface area contributed by atoms with Crippen molar-refractivity contribution in [3.63, 3.8) is 0 Å². The van der Waals surface area contributed by atoms with Gasteiger partial charge in [-0.2, -0.15) is 4.39 Å². The minimum absolute atomic E-state index is 0.0169. The fraction of sp³-hybridized carbons (Fsp3) is 0.581. The summed E-state index contributed by atoms with van der Waals surface area (Å²) in [6, 6.07) is 5.24. The predicted molar refractivity (Wildman–Crippen MR) is 138 cm³/mol. The largest absolute Gasteiger partial charge is 0.460 e. The highest BCUT2D eigenvalue weighted by Gasteiger charge is 2.34. The van der Waals surface area contributed by atoms with Crippen molar-refractivity contribution in [2.75, 3.05) is 6.61 Å². The lowest BCUT2D eigenvalue weighted by atomic mass is 9.78. The number of hydrogen-bond donors (Lipinski definition) is 0. The maximum atomic E-state index is 15.7. The fourth-order valence-electron chi connectivity index (χ4n) is 6.22. The molecule has 206 valence electrons. The van der Waals surface area contributed by atoms with Crippen LogP contribution in [-0.4, -0.2) is 24.8 Å². The lowest BCUT2D eigenvalue weighted by Gasteiger charge is -2.32. The molecule has 2 atom stereocenters. The third-order valence-corrected chi connectivity index (χ3v) is 8.35. The number of carbonyl (C=O) groups is 1. The van der Waals surface area contributed by atoms with Gasteiger partial charge in [-0.3, -0.25) is 4.79 Å². The molecule has 1 saturated carbocycles. The molecule has 7 heteroatoms. The van der Waals surface area contributed by atoms with Crippen LogP contribution in [0.2, 0.25) is 0 Å². The topological polar surface area (TPSA) is 44.8 Å². The van der Waals surface area contributed by atoms with Crippen LogP contribution in [-0.2, 0) is 27.1 Å². The van der Waals surface area contributed by atoms with Gasteiger partial charge in [0.25, 0.3) is 0 Å². The number of halogens is 3. The molecule has 2 aromatic rings. The van der Waals surface area contributed by atoms with Crippen molar-refractivity contribution in [3.05, 3.63) is 57.9 Å². The van der Waals surface area contributed by atoms with Crippen molar-refractivity contribution < 1.29 is 32.2 Å². The van der Waals surface area contributed by atoms with Gasteiger partial charge < -0.3 is 14.2 Å². The fourth-order valence-corrected chi connectivity index (χ4v) is 6.22. The van der Waals surface area contributed by atoms with Crippen molar-refractivity contribution in [1.29, 1.82) is 0 Å². The number of hydrogen-bond acceptors (Lipinski definition) is 4. The zero-order valence-corrected chi connectivity index (χ0v) is 22.3. The molecule has 0 N–H and O–H groups in total. The van der Waals surface area contributed by atoms with E-state index in [-0.39, 0.29) is 41.5 Å². The molecule has 1 aliphatic carbocycles. The Morgan fingerprint density at radius 3 is 2.37 bits per heavy atom. The molecule has 0 radical (unpaired) electrons. The highest BCUT2D eigenvalue weighted by atomic mass is 19.2. The van der Waals surface area contributed by atoms with Crippen molar-refractivity contribution in [1.82, 2.24) is 0 Å². The monoisotopic (exact) mass is 530 g/mol. The summed E-state index contributed by atoms with van der Waals surface area (Å²) in [6.45, 7) is 4.50. The van der Waals surface area contributed by atoms with Crippen LogP contribution in [0.25, 0.3) is 0 Å². The minimum Gasteiger partial charge on any atom is -0.460 e. The summed E-state index contributed by atoms with van der Waals surface area (Å²) in [5.74, 6) is -3.18. The van der Waals surface area contributed by atoms with E-state index in [0.29, 0.717) is 73.8 Å². The molecular weight excluding hydrogens is 493 g/mol. The van der Waals surface area contributed by atoms with E-state index in [1.165, 1.54) is 0 Å².